The molecule has 0 N–H and O–H groups in total. The summed E-state index contributed by atoms with van der Waals surface area (Å²) in [6.07, 6.45) is 0. The molecule has 170 valence electrons. The first-order valence-corrected chi connectivity index (χ1v) is 8.32. The molecule has 0 saturated heterocycles. The van der Waals surface area contributed by atoms with Gasteiger partial charge < -0.3 is 0 Å². The Morgan fingerprint density at radius 3 is 0.355 bits per heavy atom. The second-order valence-corrected chi connectivity index (χ2v) is 6.25. The number of hydrogen-bond acceptors (Lipinski definition) is 0. The summed E-state index contributed by atoms with van der Waals surface area (Å²) in [4.78, 5) is 0. The summed E-state index contributed by atoms with van der Waals surface area (Å²) in [6.45, 7) is 40.0. The van der Waals surface area contributed by atoms with E-state index in [2.05, 4.69) is 95.8 Å². The van der Waals surface area contributed by atoms with E-state index in [4.69, 9.17) is 18.6 Å². The van der Waals surface area contributed by atoms with E-state index in [-0.39, 0.29) is 57.8 Å². The molecule has 0 aromatic heterocycles. The summed E-state index contributed by atoms with van der Waals surface area (Å²) < 4.78 is 30.0. The van der Waals surface area contributed by atoms with Gasteiger partial charge in [-0.1, -0.05) is 69.2 Å². The standard InChI is InChI=1S/2C10H15.4CO.2Mn.Te/c2*1-6-7(2)9(4)10(5)8(6)3;4*1-2;;;/h2*1-5H3;;;;;;;. The molecule has 0 unspecified atom stereocenters. The molecule has 0 aromatic rings. The van der Waals surface area contributed by atoms with E-state index in [9.17, 15) is 0 Å². The van der Waals surface area contributed by atoms with Gasteiger partial charge >= 0.3 is 45.2 Å². The Morgan fingerprint density at radius 2 is 0.323 bits per heavy atom. The predicted molar refractivity (Wildman–Crippen MR) is 111 cm³/mol. The minimum Gasteiger partial charge on any atom is 0 e. The zero-order valence-corrected chi connectivity index (χ0v) is 24.5. The molecule has 7 heteroatoms. The first-order valence-electron chi connectivity index (χ1n) is 8.32. The van der Waals surface area contributed by atoms with Crippen LogP contribution in [0.15, 0.2) is 0 Å². The van der Waals surface area contributed by atoms with Crippen LogP contribution in [-0.4, -0.2) is 23.7 Å². The smallest absolute Gasteiger partial charge is 0 e. The van der Waals surface area contributed by atoms with Crippen molar-refractivity contribution >= 4 is 23.7 Å². The van der Waals surface area contributed by atoms with E-state index in [0.29, 0.717) is 0 Å². The molecule has 2 saturated carbocycles. The van der Waals surface area contributed by atoms with Crippen molar-refractivity contribution in [1.82, 2.24) is 0 Å². The fourth-order valence-corrected chi connectivity index (χ4v) is 2.81. The predicted octanol–water partition coefficient (Wildman–Crippen LogP) is 5.41. The maximum atomic E-state index is 7.50. The van der Waals surface area contributed by atoms with E-state index in [1.807, 2.05) is 0 Å². The first kappa shape index (κ1) is 49.0. The monoisotopic (exact) mass is 622 g/mol. The normalized spacial score (nSPS) is 18.6. The third kappa shape index (κ3) is 15.3. The Hall–Kier alpha value is 0.789. The number of rotatable bonds is 0. The Bertz CT molecular complexity index is 324. The molecule has 0 amide bonds. The molecule has 2 fully saturated rings. The van der Waals surface area contributed by atoms with Crippen LogP contribution in [0.4, 0.5) is 0 Å². The Labute approximate surface area is 230 Å². The van der Waals surface area contributed by atoms with Crippen molar-refractivity contribution in [3.63, 3.8) is 0 Å². The van der Waals surface area contributed by atoms with Gasteiger partial charge in [0.25, 0.3) is 0 Å². The van der Waals surface area contributed by atoms with Crippen molar-refractivity contribution in [3.05, 3.63) is 85.8 Å². The van der Waals surface area contributed by atoms with Gasteiger partial charge in [-0.2, -0.15) is 0 Å². The summed E-state index contributed by atoms with van der Waals surface area (Å²) in [5.41, 5.74) is 0. The molecule has 0 heterocycles. The molecule has 2 aliphatic rings. The van der Waals surface area contributed by atoms with Crippen molar-refractivity contribution in [1.29, 1.82) is 0 Å². The fraction of sp³-hybridized carbons (Fsp3) is 0.417. The summed E-state index contributed by atoms with van der Waals surface area (Å²) in [7, 11) is 0. The Morgan fingerprint density at radius 1 is 0.290 bits per heavy atom. The van der Waals surface area contributed by atoms with Crippen molar-refractivity contribution in [2.24, 2.45) is 0 Å². The van der Waals surface area contributed by atoms with Gasteiger partial charge in [0.2, 0.25) is 0 Å². The first-order chi connectivity index (χ1) is 13.1. The van der Waals surface area contributed by atoms with E-state index in [1.54, 1.807) is 0 Å². The zero-order chi connectivity index (χ0) is 23.8. The third-order valence-corrected chi connectivity index (χ3v) is 5.62. The van der Waals surface area contributed by atoms with E-state index in [0.717, 1.165) is 0 Å². The summed E-state index contributed by atoms with van der Waals surface area (Å²) in [5, 5.41) is 0. The molecule has 0 spiro atoms. The van der Waals surface area contributed by atoms with Crippen molar-refractivity contribution in [2.45, 2.75) is 69.2 Å². The van der Waals surface area contributed by atoms with Crippen LogP contribution >= 0.6 is 0 Å². The fourth-order valence-electron chi connectivity index (χ4n) is 2.81. The molecular formula is C24H30Mn2O4Te. The largest absolute Gasteiger partial charge is 0 e. The van der Waals surface area contributed by atoms with Crippen LogP contribution in [0.2, 0.25) is 0 Å². The molecule has 31 heavy (non-hydrogen) atoms. The third-order valence-electron chi connectivity index (χ3n) is 5.62. The van der Waals surface area contributed by atoms with E-state index >= 15 is 0 Å². The van der Waals surface area contributed by atoms with Gasteiger partial charge in [-0.25, -0.2) is 0 Å². The molecular weight excluding hydrogens is 590 g/mol. The maximum absolute atomic E-state index is 7.50. The van der Waals surface area contributed by atoms with Gasteiger partial charge in [0, 0.05) is 57.8 Å². The van der Waals surface area contributed by atoms with Crippen molar-refractivity contribution in [3.8, 4) is 0 Å². The van der Waals surface area contributed by atoms with Gasteiger partial charge in [0.1, 0.15) is 0 Å². The summed E-state index contributed by atoms with van der Waals surface area (Å²) in [6, 6.07) is 0. The van der Waals surface area contributed by atoms with Crippen LogP contribution < -0.4 is 0 Å². The Balaban J connectivity index is -0.0000000523. The second-order valence-electron chi connectivity index (χ2n) is 6.25. The average molecular weight is 620 g/mol. The van der Waals surface area contributed by atoms with Crippen molar-refractivity contribution in [2.75, 3.05) is 0 Å². The SMILES string of the molecule is C[C]1[C](C)[C](C)[C](C)[C]1C.C[C]1[C](C)[C](C)[C](C)[C]1C.[C-]#[O+].[C-]#[O+].[C-]#[O+].[C-]#[O+].[Mn].[Mn].[Te]. The second kappa shape index (κ2) is 28.8. The molecule has 2 aliphatic carbocycles. The van der Waals surface area contributed by atoms with Crippen LogP contribution in [0.1, 0.15) is 69.2 Å². The van der Waals surface area contributed by atoms with Crippen LogP contribution in [0, 0.1) is 85.8 Å². The summed E-state index contributed by atoms with van der Waals surface area (Å²) >= 11 is 0. The molecule has 0 atom stereocenters. The van der Waals surface area contributed by atoms with Crippen molar-refractivity contribution < 1.29 is 52.7 Å². The topological polar surface area (TPSA) is 79.6 Å². The zero-order valence-electron chi connectivity index (χ0n) is 19.8. The minimum atomic E-state index is 0. The van der Waals surface area contributed by atoms with E-state index < -0.39 is 0 Å². The summed E-state index contributed by atoms with van der Waals surface area (Å²) in [5.74, 6) is 14.7. The van der Waals surface area contributed by atoms with Crippen LogP contribution in [0.25, 0.3) is 0 Å². The van der Waals surface area contributed by atoms with Gasteiger partial charge in [-0.3, -0.25) is 0 Å². The number of hydrogen-bond donors (Lipinski definition) is 0. The molecule has 0 aromatic carbocycles. The van der Waals surface area contributed by atoms with Crippen LogP contribution in [0.3, 0.4) is 0 Å². The van der Waals surface area contributed by atoms with E-state index in [1.165, 1.54) is 59.2 Å². The van der Waals surface area contributed by atoms with Gasteiger partial charge in [-0.15, -0.1) is 0 Å². The molecule has 0 bridgehead atoms. The molecule has 0 aliphatic heterocycles. The molecule has 4 nitrogen and oxygen atoms in total. The van der Waals surface area contributed by atoms with Gasteiger partial charge in [0.05, 0.1) is 0 Å². The van der Waals surface area contributed by atoms with Gasteiger partial charge in [-0.05, 0) is 59.2 Å². The molecule has 2 rings (SSSR count). The van der Waals surface area contributed by atoms with Crippen LogP contribution in [-0.2, 0) is 52.7 Å². The quantitative estimate of drug-likeness (QED) is 0.198. The molecule has 14 radical (unpaired) electrons. The van der Waals surface area contributed by atoms with Gasteiger partial charge in [0.15, 0.2) is 0 Å². The average Bonchev–Trinajstić information content (AvgIpc) is 3.04. The Kier molecular flexibility index (Phi) is 45.6. The van der Waals surface area contributed by atoms with Crippen LogP contribution in [0.5, 0.6) is 0 Å². The minimum absolute atomic E-state index is 0. The maximum Gasteiger partial charge on any atom is 0 e.